The first-order valence-electron chi connectivity index (χ1n) is 5.49. The Bertz CT molecular complexity index is 505. The number of carbonyl (C=O) groups excluding carboxylic acids is 2. The van der Waals surface area contributed by atoms with E-state index in [1.165, 1.54) is 32.2 Å². The Morgan fingerprint density at radius 3 is 2.63 bits per heavy atom. The van der Waals surface area contributed by atoms with Crippen LogP contribution in [-0.2, 0) is 9.53 Å². The number of benzene rings is 1. The minimum absolute atomic E-state index is 0.0126. The number of nitrogens with two attached hydrogens (primary N) is 1. The molecule has 3 N–H and O–H groups in total. The van der Waals surface area contributed by atoms with E-state index >= 15 is 0 Å². The number of hydrogen-bond acceptors (Lipinski definition) is 5. The van der Waals surface area contributed by atoms with Gasteiger partial charge < -0.3 is 20.7 Å². The third-order valence-corrected chi connectivity index (χ3v) is 2.60. The molecule has 7 heteroatoms. The fraction of sp³-hybridized carbons (Fsp3) is 0.333. The van der Waals surface area contributed by atoms with Crippen LogP contribution in [0.25, 0.3) is 0 Å². The first-order valence-corrected chi connectivity index (χ1v) is 5.49. The number of rotatable bonds is 4. The van der Waals surface area contributed by atoms with Crippen molar-refractivity contribution >= 4 is 23.3 Å². The molecule has 6 nitrogen and oxygen atoms in total. The van der Waals surface area contributed by atoms with Crippen LogP contribution < -0.4 is 16.0 Å². The van der Waals surface area contributed by atoms with Crippen molar-refractivity contribution in [1.82, 2.24) is 5.32 Å². The molecule has 0 fully saturated rings. The second-order valence-electron chi connectivity index (χ2n) is 3.91. The molecular formula is C12H16FN3O3. The summed E-state index contributed by atoms with van der Waals surface area (Å²) in [5.41, 5.74) is 5.70. The van der Waals surface area contributed by atoms with Crippen molar-refractivity contribution in [2.75, 3.05) is 38.4 Å². The summed E-state index contributed by atoms with van der Waals surface area (Å²) in [6.07, 6.45) is 0. The maximum absolute atomic E-state index is 13.8. The van der Waals surface area contributed by atoms with E-state index in [0.29, 0.717) is 0 Å². The highest BCUT2D eigenvalue weighted by atomic mass is 19.1. The average Bonchev–Trinajstić information content (AvgIpc) is 2.37. The lowest BCUT2D eigenvalue weighted by Crippen LogP contribution is -2.33. The third kappa shape index (κ3) is 3.34. The molecule has 0 spiro atoms. The van der Waals surface area contributed by atoms with E-state index in [-0.39, 0.29) is 29.4 Å². The summed E-state index contributed by atoms with van der Waals surface area (Å²) in [7, 11) is 4.22. The van der Waals surface area contributed by atoms with E-state index < -0.39 is 11.8 Å². The Labute approximate surface area is 110 Å². The Kier molecular flexibility index (Phi) is 4.68. The monoisotopic (exact) mass is 269 g/mol. The normalized spacial score (nSPS) is 9.89. The first-order chi connectivity index (χ1) is 8.90. The lowest BCUT2D eigenvalue weighted by molar-refractivity contribution is -0.119. The average molecular weight is 269 g/mol. The van der Waals surface area contributed by atoms with Gasteiger partial charge in [0.1, 0.15) is 5.82 Å². The molecule has 0 aliphatic carbocycles. The van der Waals surface area contributed by atoms with Gasteiger partial charge in [0.15, 0.2) is 0 Å². The van der Waals surface area contributed by atoms with Crippen molar-refractivity contribution in [2.24, 2.45) is 0 Å². The molecule has 104 valence electrons. The zero-order valence-electron chi connectivity index (χ0n) is 11.0. The zero-order valence-corrected chi connectivity index (χ0v) is 11.0. The predicted octanol–water partition coefficient (Wildman–Crippen LogP) is 0.377. The summed E-state index contributed by atoms with van der Waals surface area (Å²) in [5, 5.41) is 2.43. The molecule has 19 heavy (non-hydrogen) atoms. The second-order valence-corrected chi connectivity index (χ2v) is 3.91. The molecule has 0 bridgehead atoms. The van der Waals surface area contributed by atoms with Gasteiger partial charge in [-0.25, -0.2) is 9.18 Å². The molecule has 1 amide bonds. The van der Waals surface area contributed by atoms with Crippen LogP contribution in [0.1, 0.15) is 10.4 Å². The fourth-order valence-electron chi connectivity index (χ4n) is 1.54. The Morgan fingerprint density at radius 2 is 2.11 bits per heavy atom. The van der Waals surface area contributed by atoms with Crippen LogP contribution in [0.5, 0.6) is 0 Å². The summed E-state index contributed by atoms with van der Waals surface area (Å²) in [6, 6.07) is 2.29. The van der Waals surface area contributed by atoms with E-state index in [1.54, 1.807) is 0 Å². The number of carbonyl (C=O) groups is 2. The van der Waals surface area contributed by atoms with Crippen molar-refractivity contribution in [2.45, 2.75) is 0 Å². The Balaban J connectivity index is 3.13. The van der Waals surface area contributed by atoms with Crippen LogP contribution in [0.4, 0.5) is 15.8 Å². The van der Waals surface area contributed by atoms with Crippen LogP contribution in [-0.4, -0.2) is 39.6 Å². The molecule has 0 radical (unpaired) electrons. The minimum atomic E-state index is -0.660. The first kappa shape index (κ1) is 14.7. The molecule has 0 aliphatic rings. The largest absolute Gasteiger partial charge is 0.465 e. The zero-order chi connectivity index (χ0) is 14.6. The highest BCUT2D eigenvalue weighted by Gasteiger charge is 2.17. The molecule has 1 aromatic rings. The van der Waals surface area contributed by atoms with Gasteiger partial charge >= 0.3 is 5.97 Å². The van der Waals surface area contributed by atoms with Crippen LogP contribution in [0, 0.1) is 5.82 Å². The van der Waals surface area contributed by atoms with Crippen LogP contribution >= 0.6 is 0 Å². The van der Waals surface area contributed by atoms with Crippen molar-refractivity contribution < 1.29 is 18.7 Å². The van der Waals surface area contributed by atoms with Crippen molar-refractivity contribution in [3.8, 4) is 0 Å². The van der Waals surface area contributed by atoms with Crippen LogP contribution in [0.15, 0.2) is 12.1 Å². The summed E-state index contributed by atoms with van der Waals surface area (Å²) in [4.78, 5) is 24.1. The number of anilines is 2. The molecule has 0 saturated heterocycles. The van der Waals surface area contributed by atoms with Gasteiger partial charge in [0.2, 0.25) is 5.91 Å². The summed E-state index contributed by atoms with van der Waals surface area (Å²) in [6.45, 7) is -0.0437. The molecule has 1 rings (SSSR count). The molecule has 0 saturated carbocycles. The number of nitrogens with one attached hydrogen (secondary N) is 1. The highest BCUT2D eigenvalue weighted by Crippen LogP contribution is 2.25. The van der Waals surface area contributed by atoms with Gasteiger partial charge in [-0.3, -0.25) is 4.79 Å². The van der Waals surface area contributed by atoms with Crippen LogP contribution in [0.2, 0.25) is 0 Å². The maximum Gasteiger partial charge on any atom is 0.340 e. The Morgan fingerprint density at radius 1 is 1.47 bits per heavy atom. The molecule has 0 unspecified atom stereocenters. The SMILES string of the molecule is CNC(=O)CN(C)c1cc(C(=O)OC)c(N)cc1F. The lowest BCUT2D eigenvalue weighted by atomic mass is 10.1. The number of hydrogen-bond donors (Lipinski definition) is 2. The molecule has 0 atom stereocenters. The number of esters is 1. The van der Waals surface area contributed by atoms with Gasteiger partial charge in [-0.15, -0.1) is 0 Å². The molecule has 0 aliphatic heterocycles. The van der Waals surface area contributed by atoms with Crippen molar-refractivity contribution in [3.05, 3.63) is 23.5 Å². The van der Waals surface area contributed by atoms with E-state index in [2.05, 4.69) is 10.1 Å². The minimum Gasteiger partial charge on any atom is -0.465 e. The van der Waals surface area contributed by atoms with Crippen molar-refractivity contribution in [1.29, 1.82) is 0 Å². The fourth-order valence-corrected chi connectivity index (χ4v) is 1.54. The number of halogens is 1. The molecule has 0 heterocycles. The lowest BCUT2D eigenvalue weighted by Gasteiger charge is -2.20. The molecule has 0 aromatic heterocycles. The number of nitrogens with zero attached hydrogens (tertiary/aromatic N) is 1. The molecule has 1 aromatic carbocycles. The van der Waals surface area contributed by atoms with Crippen molar-refractivity contribution in [3.63, 3.8) is 0 Å². The summed E-state index contributed by atoms with van der Waals surface area (Å²) in [5.74, 6) is -1.55. The van der Waals surface area contributed by atoms with Gasteiger partial charge in [-0.05, 0) is 12.1 Å². The van der Waals surface area contributed by atoms with Crippen LogP contribution in [0.3, 0.4) is 0 Å². The van der Waals surface area contributed by atoms with E-state index in [9.17, 15) is 14.0 Å². The second kappa shape index (κ2) is 6.03. The topological polar surface area (TPSA) is 84.7 Å². The molecular weight excluding hydrogens is 253 g/mol. The summed E-state index contributed by atoms with van der Waals surface area (Å²) < 4.78 is 18.4. The van der Waals surface area contributed by atoms with Gasteiger partial charge in [-0.1, -0.05) is 0 Å². The third-order valence-electron chi connectivity index (χ3n) is 2.60. The van der Waals surface area contributed by atoms with E-state index in [1.807, 2.05) is 0 Å². The summed E-state index contributed by atoms with van der Waals surface area (Å²) >= 11 is 0. The van der Waals surface area contributed by atoms with E-state index in [0.717, 1.165) is 6.07 Å². The number of likely N-dealkylation sites (N-methyl/N-ethyl adjacent to an activating group) is 2. The predicted molar refractivity (Wildman–Crippen MR) is 69.5 cm³/mol. The maximum atomic E-state index is 13.8. The number of amides is 1. The van der Waals surface area contributed by atoms with Gasteiger partial charge in [0.25, 0.3) is 0 Å². The van der Waals surface area contributed by atoms with Gasteiger partial charge in [-0.2, -0.15) is 0 Å². The Hall–Kier alpha value is -2.31. The quantitative estimate of drug-likeness (QED) is 0.609. The highest BCUT2D eigenvalue weighted by molar-refractivity contribution is 5.96. The smallest absolute Gasteiger partial charge is 0.340 e. The number of methoxy groups -OCH3 is 1. The number of nitrogen functional groups attached to an aromatic ring is 1. The standard InChI is InChI=1S/C12H16FN3O3/c1-15-11(17)6-16(2)10-4-7(12(18)19-3)9(14)5-8(10)13/h4-5H,6,14H2,1-3H3,(H,15,17). The van der Waals surface area contributed by atoms with Gasteiger partial charge in [0.05, 0.1) is 24.9 Å². The van der Waals surface area contributed by atoms with Gasteiger partial charge in [0, 0.05) is 19.8 Å². The van der Waals surface area contributed by atoms with E-state index in [4.69, 9.17) is 5.73 Å². The number of ether oxygens (including phenoxy) is 1.